The third kappa shape index (κ3) is 4.93. The third-order valence-electron chi connectivity index (χ3n) is 3.48. The molecule has 0 saturated carbocycles. The van der Waals surface area contributed by atoms with Crippen LogP contribution in [-0.4, -0.2) is 36.2 Å². The Morgan fingerprint density at radius 2 is 2.08 bits per heavy atom. The molecule has 1 atom stereocenters. The molecule has 0 saturated heterocycles. The molecule has 1 unspecified atom stereocenters. The highest BCUT2D eigenvalue weighted by atomic mass is 16.7. The Morgan fingerprint density at radius 3 is 2.72 bits per heavy atom. The molecule has 0 radical (unpaired) electrons. The molecule has 9 heteroatoms. The van der Waals surface area contributed by atoms with Crippen molar-refractivity contribution in [3.05, 3.63) is 33.9 Å². The van der Waals surface area contributed by atoms with Gasteiger partial charge in [-0.1, -0.05) is 6.92 Å². The van der Waals surface area contributed by atoms with Crippen molar-refractivity contribution in [2.24, 2.45) is 0 Å². The molecule has 134 valence electrons. The maximum absolute atomic E-state index is 11.7. The monoisotopic (exact) mass is 350 g/mol. The molecule has 0 aliphatic carbocycles. The van der Waals surface area contributed by atoms with Gasteiger partial charge in [0.1, 0.15) is 0 Å². The number of ether oxygens (including phenoxy) is 3. The van der Waals surface area contributed by atoms with Crippen molar-refractivity contribution in [2.45, 2.75) is 26.3 Å². The van der Waals surface area contributed by atoms with Gasteiger partial charge in [-0.2, -0.15) is 0 Å². The molecule has 1 aromatic rings. The molecule has 1 aliphatic rings. The molecule has 0 aromatic heterocycles. The Bertz CT molecular complexity index is 715. The van der Waals surface area contributed by atoms with E-state index >= 15 is 0 Å². The molecule has 1 amide bonds. The first-order valence-corrected chi connectivity index (χ1v) is 7.63. The summed E-state index contributed by atoms with van der Waals surface area (Å²) in [5.74, 6) is -0.573. The van der Waals surface area contributed by atoms with Crippen LogP contribution in [0, 0.1) is 10.1 Å². The maximum atomic E-state index is 11.7. The van der Waals surface area contributed by atoms with Gasteiger partial charge >= 0.3 is 5.97 Å². The summed E-state index contributed by atoms with van der Waals surface area (Å²) >= 11 is 0. The van der Waals surface area contributed by atoms with Gasteiger partial charge in [0.25, 0.3) is 11.6 Å². The van der Waals surface area contributed by atoms with E-state index in [1.54, 1.807) is 0 Å². The first-order valence-electron chi connectivity index (χ1n) is 7.63. The van der Waals surface area contributed by atoms with Gasteiger partial charge < -0.3 is 19.5 Å². The molecule has 1 heterocycles. The van der Waals surface area contributed by atoms with E-state index in [4.69, 9.17) is 14.2 Å². The average Bonchev–Trinajstić information content (AvgIpc) is 3.04. The van der Waals surface area contributed by atoms with Gasteiger partial charge in [0.05, 0.1) is 16.6 Å². The van der Waals surface area contributed by atoms with Crippen LogP contribution < -0.4 is 14.8 Å². The molecule has 9 nitrogen and oxygen atoms in total. The number of nitro groups is 1. The van der Waals surface area contributed by atoms with Gasteiger partial charge in [-0.05, 0) is 25.5 Å². The normalized spacial score (nSPS) is 13.5. The first kappa shape index (κ1) is 18.2. The lowest BCUT2D eigenvalue weighted by Gasteiger charge is -2.10. The van der Waals surface area contributed by atoms with Crippen LogP contribution in [0.3, 0.4) is 0 Å². The van der Waals surface area contributed by atoms with E-state index in [9.17, 15) is 19.7 Å². The zero-order chi connectivity index (χ0) is 18.4. The van der Waals surface area contributed by atoms with Crippen molar-refractivity contribution < 1.29 is 28.7 Å². The summed E-state index contributed by atoms with van der Waals surface area (Å²) in [4.78, 5) is 33.7. The largest absolute Gasteiger partial charge is 0.454 e. The minimum atomic E-state index is -0.786. The number of nitrogens with zero attached hydrogens (tertiary/aromatic N) is 1. The lowest BCUT2D eigenvalue weighted by atomic mass is 10.1. The number of nitrogens with one attached hydrogen (secondary N) is 1. The van der Waals surface area contributed by atoms with Crippen molar-refractivity contribution in [2.75, 3.05) is 13.4 Å². The zero-order valence-corrected chi connectivity index (χ0v) is 13.8. The molecular weight excluding hydrogens is 332 g/mol. The fourth-order valence-electron chi connectivity index (χ4n) is 2.00. The Morgan fingerprint density at radius 1 is 1.40 bits per heavy atom. The Labute approximate surface area is 143 Å². The molecule has 2 rings (SSSR count). The topological polar surface area (TPSA) is 117 Å². The lowest BCUT2D eigenvalue weighted by molar-refractivity contribution is -0.385. The second-order valence-electron chi connectivity index (χ2n) is 5.34. The van der Waals surface area contributed by atoms with Crippen LogP contribution in [0.4, 0.5) is 5.69 Å². The third-order valence-corrected chi connectivity index (χ3v) is 3.48. The molecule has 25 heavy (non-hydrogen) atoms. The summed E-state index contributed by atoms with van der Waals surface area (Å²) in [6.07, 6.45) is 3.00. The first-order chi connectivity index (χ1) is 11.9. The van der Waals surface area contributed by atoms with E-state index in [1.165, 1.54) is 18.2 Å². The van der Waals surface area contributed by atoms with Crippen LogP contribution in [0.25, 0.3) is 6.08 Å². The van der Waals surface area contributed by atoms with E-state index in [-0.39, 0.29) is 29.8 Å². The summed E-state index contributed by atoms with van der Waals surface area (Å²) in [5, 5.41) is 13.8. The van der Waals surface area contributed by atoms with Crippen molar-refractivity contribution in [1.82, 2.24) is 5.32 Å². The van der Waals surface area contributed by atoms with E-state index in [2.05, 4.69) is 5.32 Å². The SMILES string of the molecule is CCC(C)NC(=O)COC(=O)C=Cc1cc2c(cc1[N+](=O)[O-])OCO2. The number of carbonyl (C=O) groups excluding carboxylic acids is 2. The smallest absolute Gasteiger partial charge is 0.331 e. The number of nitro benzene ring substituents is 1. The van der Waals surface area contributed by atoms with Gasteiger partial charge in [0.2, 0.25) is 6.79 Å². The standard InChI is InChI=1S/C16H18N2O7/c1-3-10(2)17-15(19)8-23-16(20)5-4-11-6-13-14(25-9-24-13)7-12(11)18(21)22/h4-7,10H,3,8-9H2,1-2H3,(H,17,19). The minimum Gasteiger partial charge on any atom is -0.454 e. The van der Waals surface area contributed by atoms with Crippen molar-refractivity contribution in [1.29, 1.82) is 0 Å². The Balaban J connectivity index is 2.00. The summed E-state index contributed by atoms with van der Waals surface area (Å²) in [7, 11) is 0. The predicted octanol–water partition coefficient (Wildman–Crippen LogP) is 1.79. The molecule has 1 aromatic carbocycles. The number of benzene rings is 1. The van der Waals surface area contributed by atoms with Crippen LogP contribution in [-0.2, 0) is 14.3 Å². The molecule has 0 spiro atoms. The highest BCUT2D eigenvalue weighted by Crippen LogP contribution is 2.38. The van der Waals surface area contributed by atoms with Gasteiger partial charge in [0, 0.05) is 12.1 Å². The summed E-state index contributed by atoms with van der Waals surface area (Å²) < 4.78 is 15.0. The van der Waals surface area contributed by atoms with Crippen LogP contribution >= 0.6 is 0 Å². The molecule has 1 aliphatic heterocycles. The van der Waals surface area contributed by atoms with Crippen molar-refractivity contribution in [3.8, 4) is 11.5 Å². The molecular formula is C16H18N2O7. The number of hydrogen-bond acceptors (Lipinski definition) is 7. The second kappa shape index (κ2) is 8.13. The fraction of sp³-hybridized carbons (Fsp3) is 0.375. The van der Waals surface area contributed by atoms with Crippen LogP contribution in [0.1, 0.15) is 25.8 Å². The number of fused-ring (bicyclic) bond motifs is 1. The number of hydrogen-bond donors (Lipinski definition) is 1. The fourth-order valence-corrected chi connectivity index (χ4v) is 2.00. The maximum Gasteiger partial charge on any atom is 0.331 e. The summed E-state index contributed by atoms with van der Waals surface area (Å²) in [6, 6.07) is 2.62. The van der Waals surface area contributed by atoms with Gasteiger partial charge in [-0.25, -0.2) is 4.79 Å². The van der Waals surface area contributed by atoms with Gasteiger partial charge in [0.15, 0.2) is 18.1 Å². The number of amides is 1. The van der Waals surface area contributed by atoms with Crippen molar-refractivity contribution >= 4 is 23.6 Å². The Hall–Kier alpha value is -3.10. The molecule has 0 fully saturated rings. The lowest BCUT2D eigenvalue weighted by Crippen LogP contribution is -2.35. The van der Waals surface area contributed by atoms with Gasteiger partial charge in [-0.3, -0.25) is 14.9 Å². The highest BCUT2D eigenvalue weighted by Gasteiger charge is 2.22. The predicted molar refractivity (Wildman–Crippen MR) is 87.1 cm³/mol. The zero-order valence-electron chi connectivity index (χ0n) is 13.8. The Kier molecular flexibility index (Phi) is 5.93. The number of esters is 1. The number of carbonyl (C=O) groups is 2. The van der Waals surface area contributed by atoms with Crippen LogP contribution in [0.2, 0.25) is 0 Å². The van der Waals surface area contributed by atoms with E-state index in [1.807, 2.05) is 13.8 Å². The average molecular weight is 350 g/mol. The summed E-state index contributed by atoms with van der Waals surface area (Å²) in [5.41, 5.74) is -0.0712. The highest BCUT2D eigenvalue weighted by molar-refractivity contribution is 5.90. The minimum absolute atomic E-state index is 0.0157. The van der Waals surface area contributed by atoms with E-state index in [0.717, 1.165) is 12.5 Å². The molecule has 0 bridgehead atoms. The van der Waals surface area contributed by atoms with E-state index in [0.29, 0.717) is 5.75 Å². The van der Waals surface area contributed by atoms with Crippen molar-refractivity contribution in [3.63, 3.8) is 0 Å². The van der Waals surface area contributed by atoms with Gasteiger partial charge in [-0.15, -0.1) is 0 Å². The number of rotatable bonds is 7. The van der Waals surface area contributed by atoms with Crippen LogP contribution in [0.5, 0.6) is 11.5 Å². The second-order valence-corrected chi connectivity index (χ2v) is 5.34. The quantitative estimate of drug-likeness (QED) is 0.345. The molecule has 1 N–H and O–H groups in total. The van der Waals surface area contributed by atoms with E-state index < -0.39 is 23.4 Å². The van der Waals surface area contributed by atoms with Crippen LogP contribution in [0.15, 0.2) is 18.2 Å². The summed E-state index contributed by atoms with van der Waals surface area (Å²) in [6.45, 7) is 3.31.